The molecule has 0 radical (unpaired) electrons. The Labute approximate surface area is 354 Å². The van der Waals surface area contributed by atoms with Crippen LogP contribution < -0.4 is 4.74 Å². The van der Waals surface area contributed by atoms with Crippen LogP contribution >= 0.6 is 0 Å². The number of nitrogens with zero attached hydrogens (tertiary/aromatic N) is 4. The molecular weight excluding hydrogens is 733 g/mol. The highest BCUT2D eigenvalue weighted by Crippen LogP contribution is 2.56. The lowest BCUT2D eigenvalue weighted by molar-refractivity contribution is 0.418. The molecule has 0 atom stereocenters. The Hall–Kier alpha value is -6.72. The van der Waals surface area contributed by atoms with E-state index in [1.807, 2.05) is 60.9 Å². The topological polar surface area (TPSA) is 60.8 Å². The monoisotopic (exact) mass is 782 g/mol. The highest BCUT2D eigenvalue weighted by molar-refractivity contribution is 5.86. The molecule has 0 unspecified atom stereocenters. The van der Waals surface area contributed by atoms with E-state index in [-0.39, 0.29) is 10.8 Å². The second kappa shape index (κ2) is 14.8. The van der Waals surface area contributed by atoms with Crippen molar-refractivity contribution >= 4 is 0 Å². The number of fused-ring (bicyclic) bond motifs is 2. The van der Waals surface area contributed by atoms with Crippen molar-refractivity contribution in [2.75, 3.05) is 0 Å². The van der Waals surface area contributed by atoms with Crippen LogP contribution in [-0.4, -0.2) is 19.9 Å². The minimum absolute atomic E-state index is 0.135. The molecule has 9 rings (SSSR count). The Morgan fingerprint density at radius 1 is 0.400 bits per heavy atom. The highest BCUT2D eigenvalue weighted by atomic mass is 16.5. The molecule has 5 heterocycles. The highest BCUT2D eigenvalue weighted by Gasteiger charge is 2.40. The van der Waals surface area contributed by atoms with Gasteiger partial charge in [0.05, 0.1) is 34.2 Å². The molecule has 0 saturated carbocycles. The lowest BCUT2D eigenvalue weighted by atomic mass is 9.70. The Kier molecular flexibility index (Phi) is 9.59. The first-order valence-corrected chi connectivity index (χ1v) is 20.8. The SMILES string of the molecule is CC(C)(C)c1cc(-c2cc(-c3ccccc3)nc(-c3ccccn3)c2)c2c(c1)C(C)(C)c1cc(C(C)(C)C)cc(-c3cc(-c4ccccc4)nc(-c4ccccn4)c3)c1O2. The van der Waals surface area contributed by atoms with E-state index in [0.717, 1.165) is 90.2 Å². The summed E-state index contributed by atoms with van der Waals surface area (Å²) in [6.07, 6.45) is 3.65. The van der Waals surface area contributed by atoms with Gasteiger partial charge in [0.25, 0.3) is 0 Å². The van der Waals surface area contributed by atoms with Gasteiger partial charge >= 0.3 is 0 Å². The molecule has 0 bridgehead atoms. The van der Waals surface area contributed by atoms with Gasteiger partial charge in [-0.25, -0.2) is 9.97 Å². The van der Waals surface area contributed by atoms with Crippen LogP contribution in [0, 0.1) is 0 Å². The van der Waals surface area contributed by atoms with Crippen molar-refractivity contribution in [3.05, 3.63) is 180 Å². The van der Waals surface area contributed by atoms with Gasteiger partial charge in [-0.1, -0.05) is 140 Å². The van der Waals surface area contributed by atoms with E-state index >= 15 is 0 Å². The Morgan fingerprint density at radius 3 is 1.15 bits per heavy atom. The first kappa shape index (κ1) is 38.8. The lowest BCUT2D eigenvalue weighted by Gasteiger charge is -2.39. The van der Waals surface area contributed by atoms with E-state index in [1.165, 1.54) is 11.1 Å². The minimum atomic E-state index is -0.437. The molecule has 8 aromatic rings. The molecule has 296 valence electrons. The number of hydrogen-bond acceptors (Lipinski definition) is 5. The number of benzene rings is 4. The summed E-state index contributed by atoms with van der Waals surface area (Å²) in [6.45, 7) is 18.4. The molecule has 0 fully saturated rings. The van der Waals surface area contributed by atoms with Gasteiger partial charge in [-0.15, -0.1) is 0 Å². The van der Waals surface area contributed by atoms with Gasteiger partial charge in [0.1, 0.15) is 11.5 Å². The predicted octanol–water partition coefficient (Wildman–Crippen LogP) is 14.3. The van der Waals surface area contributed by atoms with Crippen molar-refractivity contribution in [3.8, 4) is 79.0 Å². The van der Waals surface area contributed by atoms with E-state index in [0.29, 0.717) is 0 Å². The number of hydrogen-bond donors (Lipinski definition) is 0. The minimum Gasteiger partial charge on any atom is -0.455 e. The van der Waals surface area contributed by atoms with Gasteiger partial charge < -0.3 is 4.74 Å². The second-order valence-corrected chi connectivity index (χ2v) is 18.4. The van der Waals surface area contributed by atoms with Crippen LogP contribution in [0.15, 0.2) is 158 Å². The van der Waals surface area contributed by atoms with Crippen LogP contribution in [0.1, 0.15) is 77.6 Å². The molecule has 1 aliphatic heterocycles. The van der Waals surface area contributed by atoms with Gasteiger partial charge in [-0.3, -0.25) is 9.97 Å². The number of pyridine rings is 4. The third-order valence-corrected chi connectivity index (χ3v) is 11.7. The van der Waals surface area contributed by atoms with Crippen LogP contribution in [-0.2, 0) is 16.2 Å². The fourth-order valence-corrected chi connectivity index (χ4v) is 8.12. The van der Waals surface area contributed by atoms with Crippen LogP contribution in [0.5, 0.6) is 11.5 Å². The second-order valence-electron chi connectivity index (χ2n) is 18.4. The summed E-state index contributed by atoms with van der Waals surface area (Å²) in [5, 5.41) is 0. The maximum atomic E-state index is 7.53. The molecule has 0 saturated heterocycles. The van der Waals surface area contributed by atoms with E-state index in [2.05, 4.69) is 152 Å². The summed E-state index contributed by atoms with van der Waals surface area (Å²) in [5.74, 6) is 1.70. The molecular formula is C55H50N4O. The molecule has 4 aromatic heterocycles. The third kappa shape index (κ3) is 7.30. The van der Waals surface area contributed by atoms with Crippen LogP contribution in [0.2, 0.25) is 0 Å². The van der Waals surface area contributed by atoms with Gasteiger partial charge in [0.15, 0.2) is 0 Å². The number of aromatic nitrogens is 4. The lowest BCUT2D eigenvalue weighted by Crippen LogP contribution is -2.27. The third-order valence-electron chi connectivity index (χ3n) is 11.7. The molecule has 5 nitrogen and oxygen atoms in total. The van der Waals surface area contributed by atoms with Gasteiger partial charge in [0, 0.05) is 51.2 Å². The Morgan fingerprint density at radius 2 is 0.783 bits per heavy atom. The van der Waals surface area contributed by atoms with Crippen molar-refractivity contribution in [3.63, 3.8) is 0 Å². The van der Waals surface area contributed by atoms with E-state index < -0.39 is 5.41 Å². The normalized spacial score (nSPS) is 13.3. The molecule has 0 N–H and O–H groups in total. The molecule has 0 amide bonds. The molecule has 0 spiro atoms. The van der Waals surface area contributed by atoms with E-state index in [1.54, 1.807) is 0 Å². The predicted molar refractivity (Wildman–Crippen MR) is 246 cm³/mol. The molecule has 5 heteroatoms. The smallest absolute Gasteiger partial charge is 0.139 e. The first-order chi connectivity index (χ1) is 28.7. The molecule has 1 aliphatic rings. The zero-order chi connectivity index (χ0) is 41.8. The summed E-state index contributed by atoms with van der Waals surface area (Å²) in [4.78, 5) is 19.9. The Bertz CT molecular complexity index is 2540. The van der Waals surface area contributed by atoms with Crippen LogP contribution in [0.25, 0.3) is 67.5 Å². The summed E-state index contributed by atoms with van der Waals surface area (Å²) in [7, 11) is 0. The average molecular weight is 783 g/mol. The maximum Gasteiger partial charge on any atom is 0.139 e. The summed E-state index contributed by atoms with van der Waals surface area (Å²) in [6, 6.07) is 50.9. The van der Waals surface area contributed by atoms with E-state index in [4.69, 9.17) is 24.7 Å². The summed E-state index contributed by atoms with van der Waals surface area (Å²) >= 11 is 0. The molecule has 60 heavy (non-hydrogen) atoms. The zero-order valence-electron chi connectivity index (χ0n) is 35.7. The molecule has 0 aliphatic carbocycles. The summed E-state index contributed by atoms with van der Waals surface area (Å²) < 4.78 is 7.53. The molecule has 4 aromatic carbocycles. The van der Waals surface area contributed by atoms with Crippen LogP contribution in [0.4, 0.5) is 0 Å². The quantitative estimate of drug-likeness (QED) is 0.168. The first-order valence-electron chi connectivity index (χ1n) is 20.8. The largest absolute Gasteiger partial charge is 0.455 e. The zero-order valence-corrected chi connectivity index (χ0v) is 35.7. The van der Waals surface area contributed by atoms with Crippen molar-refractivity contribution in [2.24, 2.45) is 0 Å². The van der Waals surface area contributed by atoms with Gasteiger partial charge in [0.2, 0.25) is 0 Å². The fraction of sp³-hybridized carbons (Fsp3) is 0.200. The van der Waals surface area contributed by atoms with E-state index in [9.17, 15) is 0 Å². The fourth-order valence-electron chi connectivity index (χ4n) is 8.12. The van der Waals surface area contributed by atoms with Gasteiger partial charge in [-0.05, 0) is 93.7 Å². The number of rotatable bonds is 6. The van der Waals surface area contributed by atoms with Gasteiger partial charge in [-0.2, -0.15) is 0 Å². The van der Waals surface area contributed by atoms with Crippen molar-refractivity contribution in [2.45, 2.75) is 71.6 Å². The standard InChI is InChI=1S/C55H50N4O/c1-53(2,3)39-31-41(37-27-47(35-19-11-9-12-20-35)58-49(29-37)45-23-15-17-25-56-45)51-43(33-39)55(7,8)44-34-40(54(4,5)6)32-42(52(44)60-51)38-28-48(36-21-13-10-14-22-36)59-50(30-38)46-24-16-18-26-57-46/h9-34H,1-8H3. The maximum absolute atomic E-state index is 7.53. The van der Waals surface area contributed by atoms with Crippen molar-refractivity contribution < 1.29 is 4.74 Å². The summed E-state index contributed by atoms with van der Waals surface area (Å²) in [5.41, 5.74) is 15.2. The number of ether oxygens (including phenoxy) is 1. The van der Waals surface area contributed by atoms with Crippen molar-refractivity contribution in [1.29, 1.82) is 0 Å². The Balaban J connectivity index is 1.33. The average Bonchev–Trinajstić information content (AvgIpc) is 3.26. The van der Waals surface area contributed by atoms with Crippen molar-refractivity contribution in [1.82, 2.24) is 19.9 Å². The van der Waals surface area contributed by atoms with Crippen LogP contribution in [0.3, 0.4) is 0 Å².